The largest absolute Gasteiger partial charge is 0.338 e. The van der Waals surface area contributed by atoms with Crippen LogP contribution in [-0.4, -0.2) is 53.2 Å². The Morgan fingerprint density at radius 1 is 0.707 bits per heavy atom. The van der Waals surface area contributed by atoms with Crippen LogP contribution >= 0.6 is 23.5 Å². The van der Waals surface area contributed by atoms with E-state index in [2.05, 4.69) is 40.5 Å². The smallest absolute Gasteiger partial charge is 0.251 e. The predicted molar refractivity (Wildman–Crippen MR) is 159 cm³/mol. The highest BCUT2D eigenvalue weighted by molar-refractivity contribution is 8.00. The van der Waals surface area contributed by atoms with Gasteiger partial charge < -0.3 is 25.6 Å². The van der Waals surface area contributed by atoms with Crippen LogP contribution in [0.3, 0.4) is 0 Å². The summed E-state index contributed by atoms with van der Waals surface area (Å²) in [6, 6.07) is 15.4. The first-order valence-electron chi connectivity index (χ1n) is 12.3. The van der Waals surface area contributed by atoms with Crippen molar-refractivity contribution in [2.24, 2.45) is 0 Å². The standard InChI is InChI=1S/C27H24N8O4S2/c1-14-9-21(36)34-26(28-14)40-12-23(38)30-17-5-3-16(4-6-17)25-32-19-8-7-18(11-20(19)33-25)31-24(39)13-41-27-29-15(2)10-22(37)35-27/h3-11H,12-13H2,1-2H3,(H,30,38)(H,31,39)(H,32,33)(H,28,34,36)(H,29,35,37). The quantitative estimate of drug-likeness (QED) is 0.127. The average Bonchev–Trinajstić information content (AvgIpc) is 3.34. The van der Waals surface area contributed by atoms with Gasteiger partial charge in [0, 0.05) is 40.5 Å². The van der Waals surface area contributed by atoms with Gasteiger partial charge in [-0.3, -0.25) is 19.2 Å². The van der Waals surface area contributed by atoms with E-state index in [9.17, 15) is 19.2 Å². The Bertz CT molecular complexity index is 1860. The molecule has 0 radical (unpaired) electrons. The molecule has 0 bridgehead atoms. The van der Waals surface area contributed by atoms with Gasteiger partial charge in [0.05, 0.1) is 22.5 Å². The molecular formula is C27H24N8O4S2. The van der Waals surface area contributed by atoms with Gasteiger partial charge in [0.15, 0.2) is 10.3 Å². The third-order valence-corrected chi connectivity index (χ3v) is 7.33. The molecule has 0 saturated carbocycles. The minimum Gasteiger partial charge on any atom is -0.338 e. The lowest BCUT2D eigenvalue weighted by Crippen LogP contribution is -2.15. The zero-order valence-corrected chi connectivity index (χ0v) is 23.5. The predicted octanol–water partition coefficient (Wildman–Crippen LogP) is 3.47. The molecule has 0 unspecified atom stereocenters. The lowest BCUT2D eigenvalue weighted by atomic mass is 10.2. The van der Waals surface area contributed by atoms with Crippen LogP contribution in [0.15, 0.2) is 74.5 Å². The number of aromatic nitrogens is 6. The molecule has 3 aromatic heterocycles. The topological polar surface area (TPSA) is 178 Å². The van der Waals surface area contributed by atoms with E-state index in [1.54, 1.807) is 44.2 Å². The van der Waals surface area contributed by atoms with Gasteiger partial charge in [-0.15, -0.1) is 0 Å². The van der Waals surface area contributed by atoms with Crippen LogP contribution < -0.4 is 21.8 Å². The normalized spacial score (nSPS) is 11.0. The molecule has 12 nitrogen and oxygen atoms in total. The summed E-state index contributed by atoms with van der Waals surface area (Å²) >= 11 is 2.30. The summed E-state index contributed by atoms with van der Waals surface area (Å²) in [5.41, 5.74) is 4.17. The molecule has 5 aromatic rings. The van der Waals surface area contributed by atoms with Crippen molar-refractivity contribution < 1.29 is 9.59 Å². The summed E-state index contributed by atoms with van der Waals surface area (Å²) in [4.78, 5) is 69.4. The van der Waals surface area contributed by atoms with Crippen LogP contribution in [0.5, 0.6) is 0 Å². The number of imidazole rings is 1. The van der Waals surface area contributed by atoms with Gasteiger partial charge in [0.1, 0.15) is 5.82 Å². The van der Waals surface area contributed by atoms with Crippen molar-refractivity contribution in [2.45, 2.75) is 24.2 Å². The van der Waals surface area contributed by atoms with Gasteiger partial charge >= 0.3 is 0 Å². The number of carbonyl (C=O) groups is 2. The Kier molecular flexibility index (Phi) is 8.31. The Morgan fingerprint density at radius 3 is 1.80 bits per heavy atom. The SMILES string of the molecule is Cc1cc(=O)[nH]c(SCC(=O)Nc2ccc(-c3nc4ccc(NC(=O)CSc5nc(C)cc(=O)[nH]5)cc4[nH]3)cc2)n1. The Morgan fingerprint density at radius 2 is 1.24 bits per heavy atom. The minimum absolute atomic E-state index is 0.0859. The van der Waals surface area contributed by atoms with E-state index in [4.69, 9.17) is 0 Å². The summed E-state index contributed by atoms with van der Waals surface area (Å²) in [7, 11) is 0. The van der Waals surface area contributed by atoms with Crippen molar-refractivity contribution >= 4 is 57.7 Å². The fourth-order valence-corrected chi connectivity index (χ4v) is 5.28. The van der Waals surface area contributed by atoms with Crippen molar-refractivity contribution in [3.05, 3.63) is 86.7 Å². The summed E-state index contributed by atoms with van der Waals surface area (Å²) < 4.78 is 0. The van der Waals surface area contributed by atoms with Gasteiger partial charge in [-0.2, -0.15) is 0 Å². The van der Waals surface area contributed by atoms with Crippen LogP contribution in [0.25, 0.3) is 22.4 Å². The first kappa shape index (κ1) is 27.9. The van der Waals surface area contributed by atoms with E-state index >= 15 is 0 Å². The van der Waals surface area contributed by atoms with E-state index in [1.807, 2.05) is 12.1 Å². The summed E-state index contributed by atoms with van der Waals surface area (Å²) in [5, 5.41) is 6.45. The summed E-state index contributed by atoms with van der Waals surface area (Å²) in [6.07, 6.45) is 0. The molecule has 0 saturated heterocycles. The van der Waals surface area contributed by atoms with E-state index < -0.39 is 0 Å². The van der Waals surface area contributed by atoms with Crippen LogP contribution in [0.2, 0.25) is 0 Å². The summed E-state index contributed by atoms with van der Waals surface area (Å²) in [6.45, 7) is 3.44. The number of rotatable bonds is 9. The molecular weight excluding hydrogens is 564 g/mol. The molecule has 0 spiro atoms. The third kappa shape index (κ3) is 7.49. The number of hydrogen-bond donors (Lipinski definition) is 5. The average molecular weight is 589 g/mol. The van der Waals surface area contributed by atoms with Gasteiger partial charge in [0.25, 0.3) is 11.1 Å². The maximum atomic E-state index is 12.4. The zero-order chi connectivity index (χ0) is 28.9. The number of nitrogens with zero attached hydrogens (tertiary/aromatic N) is 3. The molecule has 0 fully saturated rings. The second kappa shape index (κ2) is 12.2. The van der Waals surface area contributed by atoms with Crippen molar-refractivity contribution in [3.63, 3.8) is 0 Å². The van der Waals surface area contributed by atoms with Crippen LogP contribution in [0.1, 0.15) is 11.4 Å². The number of anilines is 2. The molecule has 5 N–H and O–H groups in total. The Balaban J connectivity index is 1.17. The number of H-pyrrole nitrogens is 3. The molecule has 0 aliphatic heterocycles. The monoisotopic (exact) mass is 588 g/mol. The van der Waals surface area contributed by atoms with Gasteiger partial charge in [-0.1, -0.05) is 23.5 Å². The van der Waals surface area contributed by atoms with E-state index in [0.29, 0.717) is 38.9 Å². The van der Waals surface area contributed by atoms with E-state index in [-0.39, 0.29) is 34.4 Å². The molecule has 0 atom stereocenters. The first-order chi connectivity index (χ1) is 19.7. The number of hydrogen-bond acceptors (Lipinski definition) is 9. The minimum atomic E-state index is -0.259. The Labute approximate surface area is 241 Å². The number of aryl methyl sites for hydroxylation is 2. The first-order valence-corrected chi connectivity index (χ1v) is 14.3. The lowest BCUT2D eigenvalue weighted by Gasteiger charge is -2.06. The number of carbonyl (C=O) groups excluding carboxylic acids is 2. The highest BCUT2D eigenvalue weighted by atomic mass is 32.2. The molecule has 2 amide bonds. The number of aromatic amines is 3. The van der Waals surface area contributed by atoms with Crippen LogP contribution in [-0.2, 0) is 9.59 Å². The van der Waals surface area contributed by atoms with Crippen LogP contribution in [0.4, 0.5) is 11.4 Å². The maximum absolute atomic E-state index is 12.4. The molecule has 14 heteroatoms. The van der Waals surface area contributed by atoms with Gasteiger partial charge in [-0.25, -0.2) is 15.0 Å². The second-order valence-corrected chi connectivity index (χ2v) is 10.9. The second-order valence-electron chi connectivity index (χ2n) is 8.95. The Hall–Kier alpha value is -4.69. The number of fused-ring (bicyclic) bond motifs is 1. The van der Waals surface area contributed by atoms with Crippen molar-refractivity contribution in [2.75, 3.05) is 22.1 Å². The zero-order valence-electron chi connectivity index (χ0n) is 21.9. The lowest BCUT2D eigenvalue weighted by molar-refractivity contribution is -0.114. The van der Waals surface area contributed by atoms with Crippen LogP contribution in [0, 0.1) is 13.8 Å². The number of benzene rings is 2. The fourth-order valence-electron chi connectivity index (χ4n) is 3.84. The molecule has 5 rings (SSSR count). The number of thioether (sulfide) groups is 2. The molecule has 0 aliphatic rings. The van der Waals surface area contributed by atoms with Gasteiger partial charge in [0.2, 0.25) is 11.8 Å². The molecule has 3 heterocycles. The molecule has 0 aliphatic carbocycles. The van der Waals surface area contributed by atoms with Gasteiger partial charge in [-0.05, 0) is 56.3 Å². The van der Waals surface area contributed by atoms with E-state index in [1.165, 1.54) is 12.1 Å². The van der Waals surface area contributed by atoms with Crippen molar-refractivity contribution in [1.29, 1.82) is 0 Å². The third-order valence-electron chi connectivity index (χ3n) is 5.58. The summed E-state index contributed by atoms with van der Waals surface area (Å²) in [5.74, 6) is 0.348. The fraction of sp³-hybridized carbons (Fsp3) is 0.148. The highest BCUT2D eigenvalue weighted by Gasteiger charge is 2.11. The molecule has 41 heavy (non-hydrogen) atoms. The molecule has 208 valence electrons. The molecule has 2 aromatic carbocycles. The van der Waals surface area contributed by atoms with E-state index in [0.717, 1.165) is 40.1 Å². The number of nitrogens with one attached hydrogen (secondary N) is 5. The van der Waals surface area contributed by atoms with Crippen molar-refractivity contribution in [3.8, 4) is 11.4 Å². The maximum Gasteiger partial charge on any atom is 0.251 e. The number of amides is 2. The van der Waals surface area contributed by atoms with Crippen molar-refractivity contribution in [1.82, 2.24) is 29.9 Å². The highest BCUT2D eigenvalue weighted by Crippen LogP contribution is 2.25.